The molecular formula is C15H20ClFN2O3. The Bertz CT molecular complexity index is 554. The maximum atomic E-state index is 13.4. The predicted octanol–water partition coefficient (Wildman–Crippen LogP) is 1.58. The van der Waals surface area contributed by atoms with Crippen molar-refractivity contribution in [3.8, 4) is 0 Å². The minimum absolute atomic E-state index is 0. The van der Waals surface area contributed by atoms with Crippen LogP contribution in [0.2, 0.25) is 0 Å². The molecule has 1 aromatic carbocycles. The predicted molar refractivity (Wildman–Crippen MR) is 82.4 cm³/mol. The summed E-state index contributed by atoms with van der Waals surface area (Å²) in [4.78, 5) is 24.5. The minimum Gasteiger partial charge on any atom is -0.481 e. The van der Waals surface area contributed by atoms with E-state index in [4.69, 9.17) is 5.11 Å². The largest absolute Gasteiger partial charge is 0.481 e. The van der Waals surface area contributed by atoms with E-state index in [-0.39, 0.29) is 43.1 Å². The second-order valence-electron chi connectivity index (χ2n) is 5.42. The summed E-state index contributed by atoms with van der Waals surface area (Å²) in [6.07, 6.45) is 0.575. The normalized spacial score (nSPS) is 17.8. The van der Waals surface area contributed by atoms with E-state index in [9.17, 15) is 14.0 Å². The van der Waals surface area contributed by atoms with Crippen molar-refractivity contribution in [1.82, 2.24) is 10.2 Å². The van der Waals surface area contributed by atoms with Crippen molar-refractivity contribution >= 4 is 24.3 Å². The first-order valence-corrected chi connectivity index (χ1v) is 6.92. The van der Waals surface area contributed by atoms with Gasteiger partial charge in [0.1, 0.15) is 5.82 Å². The lowest BCUT2D eigenvalue weighted by Gasteiger charge is -2.14. The highest BCUT2D eigenvalue weighted by Crippen LogP contribution is 2.15. The average Bonchev–Trinajstić information content (AvgIpc) is 2.89. The summed E-state index contributed by atoms with van der Waals surface area (Å²) in [7, 11) is 0. The molecule has 2 N–H and O–H groups in total. The van der Waals surface area contributed by atoms with Crippen LogP contribution in [0.3, 0.4) is 0 Å². The molecule has 2 rings (SSSR count). The number of likely N-dealkylation sites (tertiary alicyclic amines) is 1. The Kier molecular flexibility index (Phi) is 6.77. The molecule has 1 heterocycles. The third kappa shape index (κ3) is 4.96. The number of rotatable bonds is 5. The van der Waals surface area contributed by atoms with Crippen LogP contribution < -0.4 is 5.32 Å². The first-order valence-electron chi connectivity index (χ1n) is 6.92. The Hall–Kier alpha value is -1.66. The number of nitrogens with one attached hydrogen (secondary N) is 1. The van der Waals surface area contributed by atoms with Crippen molar-refractivity contribution in [3.63, 3.8) is 0 Å². The van der Waals surface area contributed by atoms with Crippen LogP contribution in [-0.2, 0) is 16.1 Å². The number of carboxylic acid groups (broad SMARTS) is 1. The zero-order valence-electron chi connectivity index (χ0n) is 12.3. The maximum absolute atomic E-state index is 13.4. The van der Waals surface area contributed by atoms with Gasteiger partial charge < -0.3 is 10.4 Å². The Morgan fingerprint density at radius 3 is 2.77 bits per heavy atom. The van der Waals surface area contributed by atoms with Crippen molar-refractivity contribution in [3.05, 3.63) is 35.1 Å². The quantitative estimate of drug-likeness (QED) is 0.860. The van der Waals surface area contributed by atoms with E-state index in [1.807, 2.05) is 4.90 Å². The van der Waals surface area contributed by atoms with E-state index in [0.29, 0.717) is 30.6 Å². The van der Waals surface area contributed by atoms with Gasteiger partial charge in [-0.1, -0.05) is 12.1 Å². The number of nitrogens with zero attached hydrogens (tertiary/aromatic N) is 1. The van der Waals surface area contributed by atoms with Crippen LogP contribution in [0.4, 0.5) is 4.39 Å². The van der Waals surface area contributed by atoms with Gasteiger partial charge in [-0.15, -0.1) is 12.4 Å². The van der Waals surface area contributed by atoms with Gasteiger partial charge in [0.2, 0.25) is 5.91 Å². The van der Waals surface area contributed by atoms with E-state index in [2.05, 4.69) is 5.32 Å². The van der Waals surface area contributed by atoms with E-state index in [1.165, 1.54) is 6.07 Å². The fourth-order valence-corrected chi connectivity index (χ4v) is 2.38. The van der Waals surface area contributed by atoms with Crippen molar-refractivity contribution in [2.75, 3.05) is 19.6 Å². The summed E-state index contributed by atoms with van der Waals surface area (Å²) in [5.41, 5.74) is 1.28. The fourth-order valence-electron chi connectivity index (χ4n) is 2.38. The maximum Gasteiger partial charge on any atom is 0.307 e. The Labute approximate surface area is 134 Å². The monoisotopic (exact) mass is 330 g/mol. The Morgan fingerprint density at radius 1 is 1.45 bits per heavy atom. The van der Waals surface area contributed by atoms with Gasteiger partial charge in [0.25, 0.3) is 0 Å². The second-order valence-corrected chi connectivity index (χ2v) is 5.42. The number of carbonyl (C=O) groups is 2. The van der Waals surface area contributed by atoms with Gasteiger partial charge in [-0.05, 0) is 37.1 Å². The second kappa shape index (κ2) is 8.10. The molecule has 1 aliphatic heterocycles. The number of carboxylic acids is 1. The van der Waals surface area contributed by atoms with Crippen LogP contribution in [0, 0.1) is 18.7 Å². The highest BCUT2D eigenvalue weighted by Gasteiger charge is 2.28. The van der Waals surface area contributed by atoms with Crippen LogP contribution >= 0.6 is 12.4 Å². The summed E-state index contributed by atoms with van der Waals surface area (Å²) in [6.45, 7) is 3.15. The highest BCUT2D eigenvalue weighted by molar-refractivity contribution is 5.85. The molecule has 1 amide bonds. The molecule has 1 aromatic rings. The molecule has 0 aliphatic carbocycles. The molecule has 7 heteroatoms. The molecule has 22 heavy (non-hydrogen) atoms. The van der Waals surface area contributed by atoms with Crippen molar-refractivity contribution < 1.29 is 19.1 Å². The summed E-state index contributed by atoms with van der Waals surface area (Å²) >= 11 is 0. The highest BCUT2D eigenvalue weighted by atomic mass is 35.5. The van der Waals surface area contributed by atoms with Crippen LogP contribution in [0.15, 0.2) is 18.2 Å². The smallest absolute Gasteiger partial charge is 0.307 e. The first-order chi connectivity index (χ1) is 9.95. The van der Waals surface area contributed by atoms with E-state index < -0.39 is 5.97 Å². The van der Waals surface area contributed by atoms with Crippen LogP contribution in [0.25, 0.3) is 0 Å². The lowest BCUT2D eigenvalue weighted by Crippen LogP contribution is -2.36. The molecule has 0 bridgehead atoms. The number of aliphatic carboxylic acids is 1. The molecule has 0 aromatic heterocycles. The lowest BCUT2D eigenvalue weighted by atomic mass is 10.1. The number of hydrogen-bond acceptors (Lipinski definition) is 3. The SMILES string of the molecule is Cc1ccc(CNC(=O)CN2CCC(C(=O)O)C2)cc1F.Cl. The topological polar surface area (TPSA) is 69.6 Å². The standard InChI is InChI=1S/C15H19FN2O3.ClH/c1-10-2-3-11(6-13(10)16)7-17-14(19)9-18-5-4-12(8-18)15(20)21;/h2-3,6,12H,4-5,7-9H2,1H3,(H,17,19)(H,20,21);1H. The van der Waals surface area contributed by atoms with Crippen molar-refractivity contribution in [1.29, 1.82) is 0 Å². The van der Waals surface area contributed by atoms with E-state index >= 15 is 0 Å². The molecule has 5 nitrogen and oxygen atoms in total. The summed E-state index contributed by atoms with van der Waals surface area (Å²) in [5.74, 6) is -1.66. The van der Waals surface area contributed by atoms with Gasteiger partial charge in [0.05, 0.1) is 12.5 Å². The summed E-state index contributed by atoms with van der Waals surface area (Å²) in [5, 5.41) is 11.6. The zero-order chi connectivity index (χ0) is 15.4. The molecule has 0 radical (unpaired) electrons. The molecule has 1 saturated heterocycles. The van der Waals surface area contributed by atoms with Crippen LogP contribution in [0.1, 0.15) is 17.5 Å². The van der Waals surface area contributed by atoms with Gasteiger partial charge >= 0.3 is 5.97 Å². The molecule has 0 spiro atoms. The van der Waals surface area contributed by atoms with Gasteiger partial charge in [-0.2, -0.15) is 0 Å². The number of carbonyl (C=O) groups excluding carboxylic acids is 1. The zero-order valence-corrected chi connectivity index (χ0v) is 13.2. The molecule has 1 unspecified atom stereocenters. The molecule has 1 atom stereocenters. The number of hydrogen-bond donors (Lipinski definition) is 2. The minimum atomic E-state index is -0.812. The molecule has 1 aliphatic rings. The average molecular weight is 331 g/mol. The molecule has 122 valence electrons. The van der Waals surface area contributed by atoms with Gasteiger partial charge in [0.15, 0.2) is 0 Å². The van der Waals surface area contributed by atoms with Crippen molar-refractivity contribution in [2.45, 2.75) is 19.9 Å². The number of aryl methyl sites for hydroxylation is 1. The molecule has 1 fully saturated rings. The van der Waals surface area contributed by atoms with Gasteiger partial charge in [-0.25, -0.2) is 4.39 Å². The number of benzene rings is 1. The molecular weight excluding hydrogens is 311 g/mol. The first kappa shape index (κ1) is 18.4. The van der Waals surface area contributed by atoms with Crippen molar-refractivity contribution in [2.24, 2.45) is 5.92 Å². The molecule has 0 saturated carbocycles. The van der Waals surface area contributed by atoms with E-state index in [0.717, 1.165) is 0 Å². The van der Waals surface area contributed by atoms with Crippen LogP contribution in [0.5, 0.6) is 0 Å². The fraction of sp³-hybridized carbons (Fsp3) is 0.467. The third-order valence-corrected chi connectivity index (χ3v) is 3.71. The summed E-state index contributed by atoms with van der Waals surface area (Å²) in [6, 6.07) is 4.86. The Balaban J connectivity index is 0.00000242. The van der Waals surface area contributed by atoms with Gasteiger partial charge in [-0.3, -0.25) is 14.5 Å². The lowest BCUT2D eigenvalue weighted by molar-refractivity contribution is -0.141. The number of halogens is 2. The summed E-state index contributed by atoms with van der Waals surface area (Å²) < 4.78 is 13.4. The van der Waals surface area contributed by atoms with E-state index in [1.54, 1.807) is 19.1 Å². The number of amides is 1. The third-order valence-electron chi connectivity index (χ3n) is 3.71. The Morgan fingerprint density at radius 2 is 2.18 bits per heavy atom. The van der Waals surface area contributed by atoms with Crippen LogP contribution in [-0.4, -0.2) is 41.5 Å². The van der Waals surface area contributed by atoms with Gasteiger partial charge in [0, 0.05) is 13.1 Å².